The van der Waals surface area contributed by atoms with Crippen LogP contribution in [0, 0.1) is 0 Å². The predicted molar refractivity (Wildman–Crippen MR) is 79.6 cm³/mol. The number of aromatic nitrogens is 2. The van der Waals surface area contributed by atoms with Gasteiger partial charge in [0.05, 0.1) is 13.4 Å². The summed E-state index contributed by atoms with van der Waals surface area (Å²) in [6.07, 6.45) is 1.33. The number of nitrogen functional groups attached to an aromatic ring is 1. The van der Waals surface area contributed by atoms with Crippen molar-refractivity contribution in [1.29, 1.82) is 0 Å². The summed E-state index contributed by atoms with van der Waals surface area (Å²) in [6.45, 7) is -0.0181. The molecule has 0 bridgehead atoms. The molecule has 1 heterocycles. The van der Waals surface area contributed by atoms with Gasteiger partial charge in [-0.15, -0.1) is 0 Å². The van der Waals surface area contributed by atoms with E-state index in [4.69, 9.17) is 22.1 Å². The summed E-state index contributed by atoms with van der Waals surface area (Å²) < 4.78 is 33.5. The van der Waals surface area contributed by atoms with Crippen molar-refractivity contribution in [2.24, 2.45) is 7.05 Å². The van der Waals surface area contributed by atoms with Crippen LogP contribution in [-0.4, -0.2) is 25.1 Å². The Morgan fingerprint density at radius 1 is 1.48 bits per heavy atom. The summed E-state index contributed by atoms with van der Waals surface area (Å²) in [6, 6.07) is 5.08. The molecule has 9 heteroatoms. The van der Waals surface area contributed by atoms with Gasteiger partial charge in [-0.25, -0.2) is 18.1 Å². The van der Waals surface area contributed by atoms with Crippen molar-refractivity contribution in [3.8, 4) is 5.75 Å². The highest BCUT2D eigenvalue weighted by atomic mass is 35.5. The van der Waals surface area contributed by atoms with Crippen LogP contribution in [-0.2, 0) is 23.6 Å². The van der Waals surface area contributed by atoms with Gasteiger partial charge >= 0.3 is 0 Å². The number of nitrogens with zero attached hydrogens (tertiary/aromatic N) is 2. The first-order chi connectivity index (χ1) is 9.86. The number of aryl methyl sites for hydroxylation is 1. The van der Waals surface area contributed by atoms with Crippen molar-refractivity contribution in [3.05, 3.63) is 35.1 Å². The van der Waals surface area contributed by atoms with Gasteiger partial charge in [0.2, 0.25) is 0 Å². The van der Waals surface area contributed by atoms with E-state index in [1.807, 2.05) is 0 Å². The van der Waals surface area contributed by atoms with Crippen LogP contribution in [0.1, 0.15) is 5.56 Å². The summed E-state index contributed by atoms with van der Waals surface area (Å²) in [7, 11) is -0.768. The van der Waals surface area contributed by atoms with Crippen molar-refractivity contribution < 1.29 is 13.2 Å². The fourth-order valence-electron chi connectivity index (χ4n) is 1.90. The third-order valence-electron chi connectivity index (χ3n) is 2.90. The number of benzene rings is 1. The molecule has 1 aromatic carbocycles. The zero-order valence-corrected chi connectivity index (χ0v) is 13.1. The van der Waals surface area contributed by atoms with Crippen LogP contribution < -0.4 is 15.2 Å². The molecular formula is C12H15ClN4O3S. The molecule has 7 nitrogen and oxygen atoms in total. The van der Waals surface area contributed by atoms with Crippen molar-refractivity contribution in [2.45, 2.75) is 11.6 Å². The maximum atomic E-state index is 12.3. The lowest BCUT2D eigenvalue weighted by Gasteiger charge is -2.12. The number of halogens is 1. The maximum Gasteiger partial charge on any atom is 0.260 e. The van der Waals surface area contributed by atoms with Gasteiger partial charge in [0.15, 0.2) is 10.8 Å². The highest BCUT2D eigenvalue weighted by molar-refractivity contribution is 7.89. The van der Waals surface area contributed by atoms with Crippen LogP contribution in [0.5, 0.6) is 5.75 Å². The molecular weight excluding hydrogens is 316 g/mol. The number of imidazole rings is 1. The molecule has 2 rings (SSSR count). The van der Waals surface area contributed by atoms with E-state index in [1.165, 1.54) is 18.0 Å². The molecule has 0 unspecified atom stereocenters. The summed E-state index contributed by atoms with van der Waals surface area (Å²) in [4.78, 5) is 3.76. The Morgan fingerprint density at radius 3 is 2.76 bits per heavy atom. The Balaban J connectivity index is 2.28. The molecule has 0 aliphatic rings. The van der Waals surface area contributed by atoms with Gasteiger partial charge in [-0.1, -0.05) is 17.7 Å². The Bertz CT molecular complexity index is 738. The fourth-order valence-corrected chi connectivity index (χ4v) is 3.36. The monoisotopic (exact) mass is 330 g/mol. The van der Waals surface area contributed by atoms with E-state index in [0.29, 0.717) is 16.3 Å². The van der Waals surface area contributed by atoms with E-state index in [1.54, 1.807) is 25.2 Å². The molecule has 2 aromatic rings. The first kappa shape index (κ1) is 15.6. The lowest BCUT2D eigenvalue weighted by molar-refractivity contribution is 0.409. The SMILES string of the molecule is COc1cccc(Cl)c1CNS(=O)(=O)c1c(N)ncn1C. The minimum absolute atomic E-state index is 0.0181. The van der Waals surface area contributed by atoms with Gasteiger partial charge < -0.3 is 15.0 Å². The van der Waals surface area contributed by atoms with Crippen molar-refractivity contribution >= 4 is 27.4 Å². The number of nitrogens with one attached hydrogen (secondary N) is 1. The molecule has 0 radical (unpaired) electrons. The van der Waals surface area contributed by atoms with Crippen molar-refractivity contribution in [3.63, 3.8) is 0 Å². The number of methoxy groups -OCH3 is 1. The van der Waals surface area contributed by atoms with E-state index in [-0.39, 0.29) is 17.4 Å². The van der Waals surface area contributed by atoms with E-state index in [0.717, 1.165) is 0 Å². The zero-order valence-electron chi connectivity index (χ0n) is 11.5. The highest BCUT2D eigenvalue weighted by Crippen LogP contribution is 2.26. The molecule has 0 aliphatic heterocycles. The molecule has 3 N–H and O–H groups in total. The van der Waals surface area contributed by atoms with E-state index in [2.05, 4.69) is 9.71 Å². The third kappa shape index (κ3) is 3.12. The topological polar surface area (TPSA) is 99.2 Å². The van der Waals surface area contributed by atoms with Crippen LogP contribution >= 0.6 is 11.6 Å². The minimum Gasteiger partial charge on any atom is -0.496 e. The van der Waals surface area contributed by atoms with Gasteiger partial charge in [0, 0.05) is 24.2 Å². The van der Waals surface area contributed by atoms with Crippen LogP contribution in [0.3, 0.4) is 0 Å². The molecule has 0 saturated heterocycles. The number of nitrogens with two attached hydrogens (primary N) is 1. The highest BCUT2D eigenvalue weighted by Gasteiger charge is 2.23. The van der Waals surface area contributed by atoms with Gasteiger partial charge in [-0.3, -0.25) is 0 Å². The van der Waals surface area contributed by atoms with Crippen molar-refractivity contribution in [2.75, 3.05) is 12.8 Å². The summed E-state index contributed by atoms with van der Waals surface area (Å²) in [5, 5.41) is 0.323. The van der Waals surface area contributed by atoms with Crippen LogP contribution in [0.15, 0.2) is 29.6 Å². The third-order valence-corrected chi connectivity index (χ3v) is 4.78. The molecule has 0 atom stereocenters. The second kappa shape index (κ2) is 5.92. The van der Waals surface area contributed by atoms with Gasteiger partial charge in [-0.2, -0.15) is 0 Å². The normalized spacial score (nSPS) is 11.6. The second-order valence-electron chi connectivity index (χ2n) is 4.29. The smallest absolute Gasteiger partial charge is 0.260 e. The van der Waals surface area contributed by atoms with Crippen LogP contribution in [0.25, 0.3) is 0 Å². The summed E-state index contributed by atoms with van der Waals surface area (Å²) in [5.41, 5.74) is 6.13. The van der Waals surface area contributed by atoms with E-state index >= 15 is 0 Å². The predicted octanol–water partition coefficient (Wildman–Crippen LogP) is 1.14. The van der Waals surface area contributed by atoms with Gasteiger partial charge in [0.25, 0.3) is 10.0 Å². The number of anilines is 1. The molecule has 0 aliphatic carbocycles. The standard InChI is InChI=1S/C12H15ClN4O3S/c1-17-7-15-11(14)12(17)21(18,19)16-6-8-9(13)4-3-5-10(8)20-2/h3-5,7,16H,6,14H2,1-2H3. The molecule has 0 spiro atoms. The lowest BCUT2D eigenvalue weighted by Crippen LogP contribution is -2.26. The molecule has 1 aromatic heterocycles. The first-order valence-corrected chi connectivity index (χ1v) is 7.80. The Labute approximate surface area is 127 Å². The second-order valence-corrected chi connectivity index (χ2v) is 6.38. The van der Waals surface area contributed by atoms with E-state index < -0.39 is 10.0 Å². The largest absolute Gasteiger partial charge is 0.496 e. The van der Waals surface area contributed by atoms with Crippen LogP contribution in [0.4, 0.5) is 5.82 Å². The number of hydrogen-bond donors (Lipinski definition) is 2. The number of ether oxygens (including phenoxy) is 1. The maximum absolute atomic E-state index is 12.3. The first-order valence-electron chi connectivity index (χ1n) is 5.94. The number of rotatable bonds is 5. The molecule has 21 heavy (non-hydrogen) atoms. The average molecular weight is 331 g/mol. The number of hydrogen-bond acceptors (Lipinski definition) is 5. The van der Waals surface area contributed by atoms with Crippen LogP contribution in [0.2, 0.25) is 5.02 Å². The fraction of sp³-hybridized carbons (Fsp3) is 0.250. The molecule has 0 amide bonds. The summed E-state index contributed by atoms with van der Waals surface area (Å²) >= 11 is 6.07. The quantitative estimate of drug-likeness (QED) is 0.856. The summed E-state index contributed by atoms with van der Waals surface area (Å²) in [5.74, 6) is 0.444. The zero-order chi connectivity index (χ0) is 15.6. The van der Waals surface area contributed by atoms with Crippen molar-refractivity contribution in [1.82, 2.24) is 14.3 Å². The van der Waals surface area contributed by atoms with E-state index in [9.17, 15) is 8.42 Å². The average Bonchev–Trinajstić information content (AvgIpc) is 2.77. The Morgan fingerprint density at radius 2 is 2.19 bits per heavy atom. The van der Waals surface area contributed by atoms with Gasteiger partial charge in [0.1, 0.15) is 5.75 Å². The molecule has 114 valence electrons. The number of sulfonamides is 1. The molecule has 0 saturated carbocycles. The molecule has 0 fully saturated rings. The van der Waals surface area contributed by atoms with Gasteiger partial charge in [-0.05, 0) is 12.1 Å². The Hall–Kier alpha value is -1.77. The minimum atomic E-state index is -3.81. The Kier molecular flexibility index (Phi) is 4.40. The lowest BCUT2D eigenvalue weighted by atomic mass is 10.2.